The Morgan fingerprint density at radius 1 is 1.16 bits per heavy atom. The Labute approximate surface area is 188 Å². The average Bonchev–Trinajstić information content (AvgIpc) is 3.59. The van der Waals surface area contributed by atoms with Crippen LogP contribution in [0.4, 0.5) is 0 Å². The summed E-state index contributed by atoms with van der Waals surface area (Å²) in [5.41, 5.74) is 1.28. The molecule has 0 aliphatic carbocycles. The lowest BCUT2D eigenvalue weighted by Gasteiger charge is -2.15. The number of unbranched alkanes of at least 4 members (excludes halogenated alkanes) is 1. The third-order valence-electron chi connectivity index (χ3n) is 5.05. The summed E-state index contributed by atoms with van der Waals surface area (Å²) in [7, 11) is 0. The number of rotatable bonds is 10. The molecule has 0 saturated carbocycles. The van der Waals surface area contributed by atoms with Crippen LogP contribution in [0.2, 0.25) is 0 Å². The molecule has 1 N–H and O–H groups in total. The minimum absolute atomic E-state index is 0.0893. The van der Waals surface area contributed by atoms with Crippen molar-refractivity contribution in [2.75, 3.05) is 13.3 Å². The van der Waals surface area contributed by atoms with Crippen LogP contribution in [0.3, 0.4) is 0 Å². The molecule has 31 heavy (non-hydrogen) atoms. The molecule has 1 aliphatic rings. The van der Waals surface area contributed by atoms with Gasteiger partial charge in [0.2, 0.25) is 12.7 Å². The third kappa shape index (κ3) is 4.92. The van der Waals surface area contributed by atoms with Crippen molar-refractivity contribution in [2.45, 2.75) is 31.7 Å². The van der Waals surface area contributed by atoms with Crippen LogP contribution in [0.25, 0.3) is 5.95 Å². The highest BCUT2D eigenvalue weighted by Gasteiger charge is 2.19. The number of fused-ring (bicyclic) bond motifs is 1. The first-order valence-corrected chi connectivity index (χ1v) is 11.8. The first kappa shape index (κ1) is 20.1. The molecule has 4 heterocycles. The van der Waals surface area contributed by atoms with E-state index in [2.05, 4.69) is 31.8 Å². The molecule has 0 amide bonds. The SMILES string of the molecule is c1cn(-c2nsc(C(Cc3nccs3)NCCCCc3ccc4c(c3)OCO4)n2)cn1. The lowest BCUT2D eigenvalue weighted by molar-refractivity contribution is 0.174. The van der Waals surface area contributed by atoms with Gasteiger partial charge in [0.1, 0.15) is 11.3 Å². The van der Waals surface area contributed by atoms with Crippen molar-refractivity contribution in [1.29, 1.82) is 0 Å². The van der Waals surface area contributed by atoms with Gasteiger partial charge in [-0.25, -0.2) is 15.0 Å². The van der Waals surface area contributed by atoms with Gasteiger partial charge in [-0.05, 0) is 55.0 Å². The fraction of sp³-hybridized carbons (Fsp3) is 0.333. The summed E-state index contributed by atoms with van der Waals surface area (Å²) in [4.78, 5) is 13.3. The molecule has 0 bridgehead atoms. The van der Waals surface area contributed by atoms with E-state index >= 15 is 0 Å². The Bertz CT molecular complexity index is 1100. The van der Waals surface area contributed by atoms with E-state index < -0.39 is 0 Å². The molecule has 5 rings (SSSR count). The van der Waals surface area contributed by atoms with E-state index in [1.807, 2.05) is 28.4 Å². The van der Waals surface area contributed by atoms with Gasteiger partial charge in [-0.15, -0.1) is 11.3 Å². The van der Waals surface area contributed by atoms with Crippen LogP contribution in [0.15, 0.2) is 48.5 Å². The van der Waals surface area contributed by atoms with E-state index in [9.17, 15) is 0 Å². The summed E-state index contributed by atoms with van der Waals surface area (Å²) in [6, 6.07) is 6.28. The van der Waals surface area contributed by atoms with E-state index in [-0.39, 0.29) is 6.04 Å². The van der Waals surface area contributed by atoms with Crippen molar-refractivity contribution in [3.63, 3.8) is 0 Å². The van der Waals surface area contributed by atoms with Crippen LogP contribution in [0.1, 0.15) is 34.5 Å². The molecule has 0 radical (unpaired) electrons. The average molecular weight is 455 g/mol. The minimum Gasteiger partial charge on any atom is -0.454 e. The number of nitrogens with one attached hydrogen (secondary N) is 1. The number of hydrogen-bond donors (Lipinski definition) is 1. The largest absolute Gasteiger partial charge is 0.454 e. The predicted octanol–water partition coefficient (Wildman–Crippen LogP) is 3.81. The maximum atomic E-state index is 5.47. The number of aryl methyl sites for hydroxylation is 1. The van der Waals surface area contributed by atoms with Crippen molar-refractivity contribution in [2.24, 2.45) is 0 Å². The summed E-state index contributed by atoms with van der Waals surface area (Å²) < 4.78 is 17.2. The van der Waals surface area contributed by atoms with Crippen molar-refractivity contribution in [1.82, 2.24) is 29.2 Å². The second kappa shape index (κ2) is 9.54. The number of aromatic nitrogens is 5. The number of benzene rings is 1. The van der Waals surface area contributed by atoms with Crippen LogP contribution in [-0.4, -0.2) is 37.2 Å². The molecule has 1 aliphatic heterocycles. The second-order valence-electron chi connectivity index (χ2n) is 7.18. The van der Waals surface area contributed by atoms with Crippen molar-refractivity contribution in [3.8, 4) is 17.4 Å². The Kier molecular flexibility index (Phi) is 6.19. The minimum atomic E-state index is 0.0893. The highest BCUT2D eigenvalue weighted by atomic mass is 32.1. The van der Waals surface area contributed by atoms with Gasteiger partial charge in [0.05, 0.1) is 11.0 Å². The van der Waals surface area contributed by atoms with Crippen molar-refractivity contribution >= 4 is 22.9 Å². The fourth-order valence-electron chi connectivity index (χ4n) is 3.45. The van der Waals surface area contributed by atoms with Crippen molar-refractivity contribution < 1.29 is 9.47 Å². The predicted molar refractivity (Wildman–Crippen MR) is 119 cm³/mol. The van der Waals surface area contributed by atoms with Crippen LogP contribution in [0, 0.1) is 0 Å². The van der Waals surface area contributed by atoms with E-state index in [0.717, 1.165) is 53.7 Å². The summed E-state index contributed by atoms with van der Waals surface area (Å²) in [6.45, 7) is 1.22. The first-order valence-electron chi connectivity index (χ1n) is 10.2. The van der Waals surface area contributed by atoms with Gasteiger partial charge in [0.25, 0.3) is 0 Å². The molecule has 4 aromatic rings. The molecule has 8 nitrogen and oxygen atoms in total. The summed E-state index contributed by atoms with van der Waals surface area (Å²) in [6.07, 6.45) is 11.1. The molecule has 10 heteroatoms. The smallest absolute Gasteiger partial charge is 0.246 e. The zero-order valence-corrected chi connectivity index (χ0v) is 18.4. The number of imidazole rings is 1. The van der Waals surface area contributed by atoms with E-state index in [4.69, 9.17) is 14.5 Å². The normalized spacial score (nSPS) is 13.5. The molecule has 160 valence electrons. The Morgan fingerprint density at radius 3 is 3.00 bits per heavy atom. The van der Waals surface area contributed by atoms with Gasteiger partial charge < -0.3 is 14.8 Å². The molecular formula is C21H22N6O2S2. The third-order valence-corrected chi connectivity index (χ3v) is 6.67. The lowest BCUT2D eigenvalue weighted by atomic mass is 10.1. The Hall–Kier alpha value is -2.82. The van der Waals surface area contributed by atoms with E-state index in [1.165, 1.54) is 17.1 Å². The number of nitrogens with zero attached hydrogens (tertiary/aromatic N) is 5. The van der Waals surface area contributed by atoms with Gasteiger partial charge in [-0.3, -0.25) is 4.57 Å². The van der Waals surface area contributed by atoms with Gasteiger partial charge in [-0.2, -0.15) is 4.37 Å². The molecule has 0 fully saturated rings. The zero-order valence-electron chi connectivity index (χ0n) is 16.8. The maximum absolute atomic E-state index is 5.47. The van der Waals surface area contributed by atoms with Crippen LogP contribution in [0.5, 0.6) is 11.5 Å². The molecule has 1 unspecified atom stereocenters. The highest BCUT2D eigenvalue weighted by molar-refractivity contribution is 7.09. The number of hydrogen-bond acceptors (Lipinski definition) is 9. The van der Waals surface area contributed by atoms with Gasteiger partial charge >= 0.3 is 0 Å². The topological polar surface area (TPSA) is 87.0 Å². The van der Waals surface area contributed by atoms with Crippen LogP contribution in [-0.2, 0) is 12.8 Å². The zero-order chi connectivity index (χ0) is 20.9. The van der Waals surface area contributed by atoms with E-state index in [0.29, 0.717) is 12.7 Å². The van der Waals surface area contributed by atoms with Gasteiger partial charge in [0, 0.05) is 30.4 Å². The fourth-order valence-corrected chi connectivity index (χ4v) is 4.84. The Balaban J connectivity index is 1.17. The van der Waals surface area contributed by atoms with Crippen molar-refractivity contribution in [3.05, 3.63) is 64.1 Å². The molecule has 1 aromatic carbocycles. The highest BCUT2D eigenvalue weighted by Crippen LogP contribution is 2.32. The quantitative estimate of drug-likeness (QED) is 0.365. The first-order chi connectivity index (χ1) is 15.3. The summed E-state index contributed by atoms with van der Waals surface area (Å²) >= 11 is 3.10. The molecular weight excluding hydrogens is 432 g/mol. The molecule has 1 atom stereocenters. The second-order valence-corrected chi connectivity index (χ2v) is 8.95. The number of thiazole rings is 1. The summed E-state index contributed by atoms with van der Waals surface area (Å²) in [5, 5.41) is 7.74. The molecule has 0 saturated heterocycles. The van der Waals surface area contributed by atoms with Crippen LogP contribution < -0.4 is 14.8 Å². The van der Waals surface area contributed by atoms with Crippen LogP contribution >= 0.6 is 22.9 Å². The molecule has 3 aromatic heterocycles. The standard InChI is InChI=1S/C21H22N6O2S2/c1(3-15-4-5-17-18(11-15)29-14-28-17)2-6-23-16(12-19-24-8-10-30-19)20-25-21(26-31-20)27-9-7-22-13-27/h4-5,7-11,13,16,23H,1-3,6,12,14H2. The number of ether oxygens (including phenoxy) is 2. The molecule has 0 spiro atoms. The van der Waals surface area contributed by atoms with Gasteiger partial charge in [0.15, 0.2) is 11.5 Å². The Morgan fingerprint density at radius 2 is 2.13 bits per heavy atom. The lowest BCUT2D eigenvalue weighted by Crippen LogP contribution is -2.24. The van der Waals surface area contributed by atoms with E-state index in [1.54, 1.807) is 23.9 Å². The summed E-state index contributed by atoms with van der Waals surface area (Å²) in [5.74, 6) is 2.35. The maximum Gasteiger partial charge on any atom is 0.246 e. The monoisotopic (exact) mass is 454 g/mol. The van der Waals surface area contributed by atoms with Gasteiger partial charge in [-0.1, -0.05) is 6.07 Å².